The third-order valence-corrected chi connectivity index (χ3v) is 3.69. The fourth-order valence-electron chi connectivity index (χ4n) is 2.24. The minimum Gasteiger partial charge on any atom is -0.466 e. The van der Waals surface area contributed by atoms with Crippen molar-refractivity contribution >= 4 is 5.97 Å². The summed E-state index contributed by atoms with van der Waals surface area (Å²) in [6.45, 7) is 4.02. The Morgan fingerprint density at radius 2 is 1.45 bits per heavy atom. The first kappa shape index (κ1) is 20.7. The molecule has 0 spiro atoms. The number of hydrogen-bond acceptors (Lipinski definition) is 2. The Labute approximate surface area is 137 Å². The fraction of sp³-hybridized carbons (Fsp3) is 0.650. The molecule has 0 unspecified atom stereocenters. The predicted molar refractivity (Wildman–Crippen MR) is 95.9 cm³/mol. The lowest BCUT2D eigenvalue weighted by molar-refractivity contribution is -0.136. The van der Waals surface area contributed by atoms with Crippen molar-refractivity contribution in [2.45, 2.75) is 78.1 Å². The monoisotopic (exact) mass is 306 g/mol. The van der Waals surface area contributed by atoms with Gasteiger partial charge in [-0.25, -0.2) is 4.79 Å². The number of rotatable bonds is 13. The van der Waals surface area contributed by atoms with Gasteiger partial charge in [0.1, 0.15) is 0 Å². The van der Waals surface area contributed by atoms with Gasteiger partial charge in [0.2, 0.25) is 0 Å². The van der Waals surface area contributed by atoms with Crippen LogP contribution < -0.4 is 0 Å². The van der Waals surface area contributed by atoms with Crippen LogP contribution in [-0.4, -0.2) is 13.1 Å². The molecule has 0 bridgehead atoms. The summed E-state index contributed by atoms with van der Waals surface area (Å²) < 4.78 is 4.62. The molecule has 0 N–H and O–H groups in total. The van der Waals surface area contributed by atoms with Gasteiger partial charge in [-0.3, -0.25) is 0 Å². The van der Waals surface area contributed by atoms with E-state index in [0.29, 0.717) is 5.57 Å². The van der Waals surface area contributed by atoms with Crippen LogP contribution in [-0.2, 0) is 9.53 Å². The highest BCUT2D eigenvalue weighted by molar-refractivity contribution is 5.87. The van der Waals surface area contributed by atoms with Crippen LogP contribution in [0.1, 0.15) is 78.1 Å². The Morgan fingerprint density at radius 3 is 2.05 bits per heavy atom. The normalized spacial score (nSPS) is 12.4. The van der Waals surface area contributed by atoms with Gasteiger partial charge in [0.15, 0.2) is 0 Å². The third-order valence-electron chi connectivity index (χ3n) is 3.69. The average Bonchev–Trinajstić information content (AvgIpc) is 2.54. The minimum absolute atomic E-state index is 0.275. The minimum atomic E-state index is -0.275. The molecule has 0 amide bonds. The van der Waals surface area contributed by atoms with Crippen LogP contribution in [0.25, 0.3) is 0 Å². The Balaban J connectivity index is 3.46. The topological polar surface area (TPSA) is 26.3 Å². The summed E-state index contributed by atoms with van der Waals surface area (Å²) in [5.41, 5.74) is 0.617. The van der Waals surface area contributed by atoms with E-state index in [4.69, 9.17) is 0 Å². The summed E-state index contributed by atoms with van der Waals surface area (Å²) >= 11 is 0. The molecule has 0 radical (unpaired) electrons. The molecule has 0 saturated heterocycles. The molecule has 0 aromatic heterocycles. The maximum Gasteiger partial charge on any atom is 0.333 e. The number of unbranched alkanes of at least 4 members (excludes halogenated alkanes) is 9. The molecule has 0 aliphatic rings. The van der Waals surface area contributed by atoms with Crippen molar-refractivity contribution in [3.05, 3.63) is 36.0 Å². The number of esters is 1. The molecule has 0 atom stereocenters. The fourth-order valence-corrected chi connectivity index (χ4v) is 2.24. The number of ether oxygens (including phenoxy) is 1. The maximum atomic E-state index is 11.1. The summed E-state index contributed by atoms with van der Waals surface area (Å²) in [5.74, 6) is -0.275. The number of carbonyl (C=O) groups excluding carboxylic acids is 1. The molecular weight excluding hydrogens is 272 g/mol. The van der Waals surface area contributed by atoms with E-state index in [1.165, 1.54) is 64.9 Å². The molecule has 0 saturated carbocycles. The summed E-state index contributed by atoms with van der Waals surface area (Å²) in [4.78, 5) is 11.1. The summed E-state index contributed by atoms with van der Waals surface area (Å²) in [6, 6.07) is 0. The lowest BCUT2D eigenvalue weighted by atomic mass is 10.1. The van der Waals surface area contributed by atoms with Crippen LogP contribution in [0.4, 0.5) is 0 Å². The maximum absolute atomic E-state index is 11.1. The first-order valence-corrected chi connectivity index (χ1v) is 8.80. The van der Waals surface area contributed by atoms with Gasteiger partial charge in [-0.15, -0.1) is 0 Å². The van der Waals surface area contributed by atoms with Gasteiger partial charge in [0.25, 0.3) is 0 Å². The smallest absolute Gasteiger partial charge is 0.333 e. The van der Waals surface area contributed by atoms with Crippen molar-refractivity contribution in [3.63, 3.8) is 0 Å². The van der Waals surface area contributed by atoms with Gasteiger partial charge in [0, 0.05) is 5.57 Å². The van der Waals surface area contributed by atoms with Gasteiger partial charge in [-0.05, 0) is 19.8 Å². The van der Waals surface area contributed by atoms with Crippen LogP contribution >= 0.6 is 0 Å². The molecule has 0 fully saturated rings. The van der Waals surface area contributed by atoms with Crippen molar-refractivity contribution in [1.82, 2.24) is 0 Å². The molecule has 0 aromatic rings. The largest absolute Gasteiger partial charge is 0.466 e. The predicted octanol–water partition coefficient (Wildman–Crippen LogP) is 6.14. The van der Waals surface area contributed by atoms with E-state index in [0.717, 1.165) is 6.42 Å². The number of allylic oxidation sites excluding steroid dienone is 5. The van der Waals surface area contributed by atoms with Crippen LogP contribution in [0.3, 0.4) is 0 Å². The highest BCUT2D eigenvalue weighted by atomic mass is 16.5. The SMILES string of the molecule is CCCCCCCCCCCC=CC=CC=C(C)C(=O)OC. The Kier molecular flexibility index (Phi) is 15.1. The van der Waals surface area contributed by atoms with Crippen molar-refractivity contribution in [2.75, 3.05) is 7.11 Å². The number of carbonyl (C=O) groups is 1. The first-order chi connectivity index (χ1) is 10.7. The second-order valence-corrected chi connectivity index (χ2v) is 5.77. The molecule has 0 aromatic carbocycles. The molecule has 0 aliphatic heterocycles. The van der Waals surface area contributed by atoms with E-state index >= 15 is 0 Å². The van der Waals surface area contributed by atoms with Gasteiger partial charge < -0.3 is 4.74 Å². The second kappa shape index (κ2) is 16.1. The zero-order chi connectivity index (χ0) is 16.5. The lowest BCUT2D eigenvalue weighted by Crippen LogP contribution is -2.00. The van der Waals surface area contributed by atoms with E-state index in [1.54, 1.807) is 13.0 Å². The van der Waals surface area contributed by atoms with E-state index in [9.17, 15) is 4.79 Å². The molecule has 2 heteroatoms. The van der Waals surface area contributed by atoms with E-state index < -0.39 is 0 Å². The summed E-state index contributed by atoms with van der Waals surface area (Å²) in [6.07, 6.45) is 23.3. The van der Waals surface area contributed by atoms with Gasteiger partial charge >= 0.3 is 5.97 Å². The molecule has 0 aliphatic carbocycles. The molecule has 2 nitrogen and oxygen atoms in total. The molecule has 0 heterocycles. The Morgan fingerprint density at radius 1 is 0.864 bits per heavy atom. The average molecular weight is 306 g/mol. The molecule has 22 heavy (non-hydrogen) atoms. The van der Waals surface area contributed by atoms with E-state index in [2.05, 4.69) is 17.7 Å². The van der Waals surface area contributed by atoms with Crippen molar-refractivity contribution in [1.29, 1.82) is 0 Å². The number of hydrogen-bond donors (Lipinski definition) is 0. The molecular formula is C20H34O2. The number of methoxy groups -OCH3 is 1. The van der Waals surface area contributed by atoms with Crippen LogP contribution in [0.15, 0.2) is 36.0 Å². The zero-order valence-corrected chi connectivity index (χ0v) is 14.8. The highest BCUT2D eigenvalue weighted by Gasteiger charge is 1.99. The third kappa shape index (κ3) is 13.7. The van der Waals surface area contributed by atoms with Gasteiger partial charge in [-0.1, -0.05) is 88.7 Å². The van der Waals surface area contributed by atoms with Crippen LogP contribution in [0.2, 0.25) is 0 Å². The van der Waals surface area contributed by atoms with Crippen molar-refractivity contribution in [3.8, 4) is 0 Å². The van der Waals surface area contributed by atoms with Gasteiger partial charge in [-0.2, -0.15) is 0 Å². The molecule has 0 rings (SSSR count). The Bertz CT molecular complexity index is 351. The first-order valence-electron chi connectivity index (χ1n) is 8.80. The van der Waals surface area contributed by atoms with Crippen LogP contribution in [0.5, 0.6) is 0 Å². The summed E-state index contributed by atoms with van der Waals surface area (Å²) in [5, 5.41) is 0. The van der Waals surface area contributed by atoms with E-state index in [1.807, 2.05) is 18.2 Å². The quantitative estimate of drug-likeness (QED) is 0.177. The highest BCUT2D eigenvalue weighted by Crippen LogP contribution is 2.10. The zero-order valence-electron chi connectivity index (χ0n) is 14.8. The summed E-state index contributed by atoms with van der Waals surface area (Å²) in [7, 11) is 1.40. The molecule has 126 valence electrons. The lowest BCUT2D eigenvalue weighted by Gasteiger charge is -2.00. The van der Waals surface area contributed by atoms with Gasteiger partial charge in [0.05, 0.1) is 7.11 Å². The standard InChI is InChI=1S/C20H34O2/c1-4-5-6-7-8-9-10-11-12-13-14-15-16-17-18-19(2)20(21)22-3/h14-18H,4-13H2,1-3H3. The second-order valence-electron chi connectivity index (χ2n) is 5.77. The Hall–Kier alpha value is -1.31. The van der Waals surface area contributed by atoms with Crippen molar-refractivity contribution in [2.24, 2.45) is 0 Å². The van der Waals surface area contributed by atoms with E-state index in [-0.39, 0.29) is 5.97 Å². The van der Waals surface area contributed by atoms with Crippen molar-refractivity contribution < 1.29 is 9.53 Å². The van der Waals surface area contributed by atoms with Crippen LogP contribution in [0, 0.1) is 0 Å².